The molecular weight excluding hydrogens is 460 g/mol. The smallest absolute Gasteiger partial charge is 0.243 e. The van der Waals surface area contributed by atoms with Gasteiger partial charge in [0.25, 0.3) is 0 Å². The zero-order valence-electron chi connectivity index (χ0n) is 22.0. The molecule has 0 bridgehead atoms. The number of aryl methyl sites for hydroxylation is 1. The fourth-order valence-electron chi connectivity index (χ4n) is 7.23. The molecule has 4 aliphatic rings. The van der Waals surface area contributed by atoms with Crippen LogP contribution in [-0.2, 0) is 27.8 Å². The number of hydrogen-bond acceptors (Lipinski definition) is 4. The van der Waals surface area contributed by atoms with Gasteiger partial charge in [0.15, 0.2) is 0 Å². The largest absolute Gasteiger partial charge is 0.353 e. The van der Waals surface area contributed by atoms with Crippen molar-refractivity contribution in [3.05, 3.63) is 65.2 Å². The number of benzene rings is 2. The van der Waals surface area contributed by atoms with Gasteiger partial charge in [-0.3, -0.25) is 14.5 Å². The maximum Gasteiger partial charge on any atom is 0.243 e. The van der Waals surface area contributed by atoms with Crippen LogP contribution in [-0.4, -0.2) is 73.5 Å². The average Bonchev–Trinajstić information content (AvgIpc) is 3.67. The van der Waals surface area contributed by atoms with Gasteiger partial charge in [0.2, 0.25) is 11.8 Å². The first-order valence-corrected chi connectivity index (χ1v) is 14.3. The Bertz CT molecular complexity index is 1130. The van der Waals surface area contributed by atoms with Crippen molar-refractivity contribution in [3.8, 4) is 0 Å². The Hall–Kier alpha value is -2.70. The van der Waals surface area contributed by atoms with Crippen molar-refractivity contribution in [2.45, 2.75) is 62.8 Å². The van der Waals surface area contributed by atoms with E-state index in [2.05, 4.69) is 45.4 Å². The summed E-state index contributed by atoms with van der Waals surface area (Å²) in [5.41, 5.74) is 5.44. The molecule has 2 saturated heterocycles. The summed E-state index contributed by atoms with van der Waals surface area (Å²) >= 11 is 0. The van der Waals surface area contributed by atoms with E-state index in [4.69, 9.17) is 0 Å². The second kappa shape index (κ2) is 10.6. The maximum atomic E-state index is 13.6. The van der Waals surface area contributed by atoms with Gasteiger partial charge in [-0.15, -0.1) is 0 Å². The maximum absolute atomic E-state index is 13.6. The molecule has 3 heterocycles. The lowest BCUT2D eigenvalue weighted by molar-refractivity contribution is -0.126. The summed E-state index contributed by atoms with van der Waals surface area (Å²) in [4.78, 5) is 33.4. The first-order chi connectivity index (χ1) is 18.1. The van der Waals surface area contributed by atoms with Crippen molar-refractivity contribution >= 4 is 17.5 Å². The zero-order chi connectivity index (χ0) is 25.2. The molecule has 37 heavy (non-hydrogen) atoms. The Morgan fingerprint density at radius 2 is 1.54 bits per heavy atom. The average molecular weight is 501 g/mol. The van der Waals surface area contributed by atoms with E-state index in [9.17, 15) is 9.59 Å². The molecule has 2 amide bonds. The minimum absolute atomic E-state index is 0.0245. The Morgan fingerprint density at radius 1 is 0.838 bits per heavy atom. The Labute approximate surface area is 221 Å². The highest BCUT2D eigenvalue weighted by molar-refractivity contribution is 6.03. The van der Waals surface area contributed by atoms with Crippen molar-refractivity contribution < 1.29 is 9.59 Å². The van der Waals surface area contributed by atoms with E-state index in [1.165, 1.54) is 44.1 Å². The molecule has 0 saturated carbocycles. The number of carbonyl (C=O) groups excluding carboxylic acids is 2. The van der Waals surface area contributed by atoms with Gasteiger partial charge < -0.3 is 15.1 Å². The molecule has 0 radical (unpaired) electrons. The Balaban J connectivity index is 1.05. The summed E-state index contributed by atoms with van der Waals surface area (Å²) in [7, 11) is 0. The minimum atomic E-state index is -0.442. The number of rotatable bonds is 7. The summed E-state index contributed by atoms with van der Waals surface area (Å²) in [5, 5.41) is 3.13. The number of amides is 2. The second-order valence-corrected chi connectivity index (χ2v) is 11.5. The van der Waals surface area contributed by atoms with Crippen LogP contribution >= 0.6 is 0 Å². The number of likely N-dealkylation sites (tertiary alicyclic amines) is 2. The lowest BCUT2D eigenvalue weighted by Crippen LogP contribution is -2.50. The van der Waals surface area contributed by atoms with E-state index in [0.29, 0.717) is 24.8 Å². The number of para-hydroxylation sites is 1. The van der Waals surface area contributed by atoms with Gasteiger partial charge >= 0.3 is 0 Å². The molecule has 1 aliphatic carbocycles. The second-order valence-electron chi connectivity index (χ2n) is 11.5. The zero-order valence-corrected chi connectivity index (χ0v) is 22.0. The molecule has 3 aliphatic heterocycles. The SMILES string of the molecule is O=C(NCCN1CCCC1)[C@@H]1Cc2ccccc2N1C(=O)CCN1CCC2(CCc3ccccc32)CC1. The fourth-order valence-corrected chi connectivity index (χ4v) is 7.23. The normalized spacial score (nSPS) is 22.8. The molecule has 0 unspecified atom stereocenters. The predicted octanol–water partition coefficient (Wildman–Crippen LogP) is 3.53. The molecule has 196 valence electrons. The van der Waals surface area contributed by atoms with Crippen LogP contribution in [0.1, 0.15) is 55.2 Å². The number of carbonyl (C=O) groups is 2. The third kappa shape index (κ3) is 4.94. The van der Waals surface area contributed by atoms with Crippen LogP contribution in [0.4, 0.5) is 5.69 Å². The van der Waals surface area contributed by atoms with Crippen molar-refractivity contribution in [3.63, 3.8) is 0 Å². The highest BCUT2D eigenvalue weighted by atomic mass is 16.2. The topological polar surface area (TPSA) is 55.9 Å². The van der Waals surface area contributed by atoms with Crippen LogP contribution in [0.3, 0.4) is 0 Å². The van der Waals surface area contributed by atoms with Gasteiger partial charge in [-0.05, 0) is 92.9 Å². The Kier molecular flexibility index (Phi) is 7.04. The van der Waals surface area contributed by atoms with E-state index in [-0.39, 0.29) is 11.8 Å². The van der Waals surface area contributed by atoms with Crippen molar-refractivity contribution in [1.29, 1.82) is 0 Å². The lowest BCUT2D eigenvalue weighted by Gasteiger charge is -2.40. The first kappa shape index (κ1) is 24.6. The van der Waals surface area contributed by atoms with Crippen LogP contribution in [0.2, 0.25) is 0 Å². The summed E-state index contributed by atoms with van der Waals surface area (Å²) in [6.07, 6.45) is 8.36. The van der Waals surface area contributed by atoms with E-state index in [1.54, 1.807) is 10.5 Å². The minimum Gasteiger partial charge on any atom is -0.353 e. The molecule has 2 aromatic carbocycles. The van der Waals surface area contributed by atoms with Crippen molar-refractivity contribution in [1.82, 2.24) is 15.1 Å². The van der Waals surface area contributed by atoms with Crippen molar-refractivity contribution in [2.24, 2.45) is 0 Å². The number of anilines is 1. The first-order valence-electron chi connectivity index (χ1n) is 14.3. The van der Waals surface area contributed by atoms with Crippen molar-refractivity contribution in [2.75, 3.05) is 50.7 Å². The molecule has 1 atom stereocenters. The molecule has 1 spiro atoms. The van der Waals surface area contributed by atoms with Gasteiger partial charge in [0.05, 0.1) is 0 Å². The third-order valence-corrected chi connectivity index (χ3v) is 9.39. The molecule has 6 nitrogen and oxygen atoms in total. The highest BCUT2D eigenvalue weighted by Gasteiger charge is 2.41. The summed E-state index contributed by atoms with van der Waals surface area (Å²) < 4.78 is 0. The molecule has 2 aromatic rings. The molecule has 0 aromatic heterocycles. The Morgan fingerprint density at radius 3 is 2.35 bits per heavy atom. The fraction of sp³-hybridized carbons (Fsp3) is 0.548. The highest BCUT2D eigenvalue weighted by Crippen LogP contribution is 2.46. The molecule has 6 heteroatoms. The van der Waals surface area contributed by atoms with E-state index in [1.807, 2.05) is 18.2 Å². The number of piperidine rings is 1. The summed E-state index contributed by atoms with van der Waals surface area (Å²) in [6.45, 7) is 6.63. The lowest BCUT2D eigenvalue weighted by atomic mass is 9.74. The summed E-state index contributed by atoms with van der Waals surface area (Å²) in [6, 6.07) is 16.5. The number of hydrogen-bond donors (Lipinski definition) is 1. The molecule has 1 N–H and O–H groups in total. The van der Waals surface area contributed by atoms with E-state index >= 15 is 0 Å². The van der Waals surface area contributed by atoms with Crippen LogP contribution < -0.4 is 10.2 Å². The van der Waals surface area contributed by atoms with Crippen LogP contribution in [0.15, 0.2) is 48.5 Å². The van der Waals surface area contributed by atoms with E-state index < -0.39 is 6.04 Å². The van der Waals surface area contributed by atoms with Gasteiger partial charge in [-0.25, -0.2) is 0 Å². The standard InChI is InChI=1S/C31H40N4O2/c36-29(12-19-34-20-14-31(15-21-34)13-11-24-7-1-3-9-26(24)31)35-27-10-4-2-8-25(27)23-28(35)30(37)32-16-22-33-17-5-6-18-33/h1-4,7-10,28H,5-6,11-23H2,(H,32,37)/t28-/m0/s1. The van der Waals surface area contributed by atoms with Crippen LogP contribution in [0.5, 0.6) is 0 Å². The number of fused-ring (bicyclic) bond motifs is 3. The predicted molar refractivity (Wildman–Crippen MR) is 147 cm³/mol. The number of nitrogens with zero attached hydrogens (tertiary/aromatic N) is 3. The quantitative estimate of drug-likeness (QED) is 0.632. The van der Waals surface area contributed by atoms with Gasteiger partial charge in [-0.2, -0.15) is 0 Å². The van der Waals surface area contributed by atoms with Crippen LogP contribution in [0, 0.1) is 0 Å². The van der Waals surface area contributed by atoms with Crippen LogP contribution in [0.25, 0.3) is 0 Å². The third-order valence-electron chi connectivity index (χ3n) is 9.39. The molecular formula is C31H40N4O2. The van der Waals surface area contributed by atoms with E-state index in [0.717, 1.165) is 50.5 Å². The molecule has 6 rings (SSSR count). The molecule has 2 fully saturated rings. The van der Waals surface area contributed by atoms with Gasteiger partial charge in [-0.1, -0.05) is 42.5 Å². The monoisotopic (exact) mass is 500 g/mol. The van der Waals surface area contributed by atoms with Gasteiger partial charge in [0.1, 0.15) is 6.04 Å². The summed E-state index contributed by atoms with van der Waals surface area (Å²) in [5.74, 6) is 0.0414. The number of nitrogens with one attached hydrogen (secondary N) is 1. The van der Waals surface area contributed by atoms with Gasteiger partial charge in [0, 0.05) is 38.2 Å².